The van der Waals surface area contributed by atoms with Gasteiger partial charge in [0.15, 0.2) is 0 Å². The van der Waals surface area contributed by atoms with Crippen LogP contribution in [-0.4, -0.2) is 23.2 Å². The average molecular weight is 254 g/mol. The van der Waals surface area contributed by atoms with E-state index in [-0.39, 0.29) is 23.4 Å². The first-order valence-electron chi connectivity index (χ1n) is 5.85. The number of nitro groups is 1. The van der Waals surface area contributed by atoms with E-state index in [0.717, 1.165) is 31.0 Å². The molecule has 2 rings (SSSR count). The molecule has 0 heterocycles. The molecule has 0 aromatic heterocycles. The second-order valence-electron chi connectivity index (χ2n) is 4.75. The summed E-state index contributed by atoms with van der Waals surface area (Å²) in [5.41, 5.74) is 0.0926. The molecule has 0 aliphatic heterocycles. The molecule has 0 saturated heterocycles. The maximum atomic E-state index is 13.1. The van der Waals surface area contributed by atoms with Gasteiger partial charge in [0.1, 0.15) is 11.5 Å². The number of nitrogens with zero attached hydrogens (tertiary/aromatic N) is 1. The molecule has 1 saturated carbocycles. The van der Waals surface area contributed by atoms with Gasteiger partial charge in [-0.2, -0.15) is 0 Å². The van der Waals surface area contributed by atoms with Crippen molar-refractivity contribution in [3.05, 3.63) is 34.1 Å². The van der Waals surface area contributed by atoms with Crippen molar-refractivity contribution in [2.24, 2.45) is 5.41 Å². The van der Waals surface area contributed by atoms with Gasteiger partial charge in [0.2, 0.25) is 0 Å². The third-order valence-electron chi connectivity index (χ3n) is 3.41. The lowest BCUT2D eigenvalue weighted by Gasteiger charge is -2.15. The molecule has 0 unspecified atom stereocenters. The zero-order valence-electron chi connectivity index (χ0n) is 9.86. The van der Waals surface area contributed by atoms with Crippen LogP contribution in [0, 0.1) is 21.3 Å². The van der Waals surface area contributed by atoms with Crippen LogP contribution in [0.25, 0.3) is 0 Å². The van der Waals surface area contributed by atoms with Crippen molar-refractivity contribution in [3.63, 3.8) is 0 Å². The molecule has 98 valence electrons. The van der Waals surface area contributed by atoms with Gasteiger partial charge in [-0.1, -0.05) is 0 Å². The van der Waals surface area contributed by atoms with E-state index in [1.54, 1.807) is 0 Å². The second-order valence-corrected chi connectivity index (χ2v) is 4.75. The van der Waals surface area contributed by atoms with E-state index in [4.69, 9.17) is 5.11 Å². The highest BCUT2D eigenvalue weighted by Crippen LogP contribution is 2.48. The summed E-state index contributed by atoms with van der Waals surface area (Å²) in [6, 6.07) is 3.36. The Balaban J connectivity index is 2.08. The van der Waals surface area contributed by atoms with Crippen molar-refractivity contribution in [2.45, 2.75) is 19.3 Å². The SMILES string of the molecule is O=[N+]([O-])c1ccc(F)cc1NCC1(CCO)CC1. The topological polar surface area (TPSA) is 75.4 Å². The highest BCUT2D eigenvalue weighted by Gasteiger charge is 2.41. The molecule has 0 radical (unpaired) electrons. The lowest BCUT2D eigenvalue weighted by atomic mass is 10.0. The fraction of sp³-hybridized carbons (Fsp3) is 0.500. The van der Waals surface area contributed by atoms with Gasteiger partial charge in [-0.05, 0) is 30.7 Å². The molecule has 5 nitrogen and oxygen atoms in total. The van der Waals surface area contributed by atoms with Gasteiger partial charge in [-0.15, -0.1) is 0 Å². The Morgan fingerprint density at radius 1 is 1.50 bits per heavy atom. The lowest BCUT2D eigenvalue weighted by molar-refractivity contribution is -0.384. The Hall–Kier alpha value is -1.69. The largest absolute Gasteiger partial charge is 0.396 e. The van der Waals surface area contributed by atoms with Gasteiger partial charge in [0.05, 0.1) is 4.92 Å². The maximum absolute atomic E-state index is 13.1. The number of hydrogen-bond acceptors (Lipinski definition) is 4. The van der Waals surface area contributed by atoms with Crippen molar-refractivity contribution in [2.75, 3.05) is 18.5 Å². The van der Waals surface area contributed by atoms with E-state index in [0.29, 0.717) is 13.0 Å². The van der Waals surface area contributed by atoms with Crippen LogP contribution in [0.1, 0.15) is 19.3 Å². The van der Waals surface area contributed by atoms with E-state index in [1.165, 1.54) is 0 Å². The van der Waals surface area contributed by atoms with E-state index in [2.05, 4.69) is 5.32 Å². The van der Waals surface area contributed by atoms with Crippen LogP contribution in [0.4, 0.5) is 15.8 Å². The molecule has 0 atom stereocenters. The molecule has 1 aromatic rings. The zero-order chi connectivity index (χ0) is 13.2. The molecule has 1 fully saturated rings. The monoisotopic (exact) mass is 254 g/mol. The molecule has 0 spiro atoms. The van der Waals surface area contributed by atoms with Crippen molar-refractivity contribution in [1.82, 2.24) is 0 Å². The molecular formula is C12H15FN2O3. The molecule has 18 heavy (non-hydrogen) atoms. The summed E-state index contributed by atoms with van der Waals surface area (Å²) in [6.45, 7) is 0.630. The summed E-state index contributed by atoms with van der Waals surface area (Å²) in [6.07, 6.45) is 2.65. The van der Waals surface area contributed by atoms with Crippen LogP contribution in [-0.2, 0) is 0 Å². The molecule has 1 aliphatic carbocycles. The maximum Gasteiger partial charge on any atom is 0.292 e. The number of rotatable bonds is 6. The molecule has 2 N–H and O–H groups in total. The number of anilines is 1. The Morgan fingerprint density at radius 3 is 2.78 bits per heavy atom. The third kappa shape index (κ3) is 2.76. The summed E-state index contributed by atoms with van der Waals surface area (Å²) < 4.78 is 13.1. The highest BCUT2D eigenvalue weighted by molar-refractivity contribution is 5.61. The fourth-order valence-electron chi connectivity index (χ4n) is 2.02. The molecular weight excluding hydrogens is 239 g/mol. The summed E-state index contributed by atoms with van der Waals surface area (Å²) in [4.78, 5) is 10.3. The Labute approximate surface area is 104 Å². The van der Waals surface area contributed by atoms with Crippen molar-refractivity contribution < 1.29 is 14.4 Å². The number of halogens is 1. The van der Waals surface area contributed by atoms with Gasteiger partial charge in [0.25, 0.3) is 5.69 Å². The van der Waals surface area contributed by atoms with Crippen LogP contribution in [0.3, 0.4) is 0 Å². The van der Waals surface area contributed by atoms with Crippen LogP contribution < -0.4 is 5.32 Å². The molecule has 1 aromatic carbocycles. The quantitative estimate of drug-likeness (QED) is 0.603. The first kappa shape index (κ1) is 12.8. The minimum Gasteiger partial charge on any atom is -0.396 e. The van der Waals surface area contributed by atoms with Crippen LogP contribution in [0.15, 0.2) is 18.2 Å². The second kappa shape index (κ2) is 4.89. The smallest absolute Gasteiger partial charge is 0.292 e. The van der Waals surface area contributed by atoms with E-state index < -0.39 is 10.7 Å². The third-order valence-corrected chi connectivity index (χ3v) is 3.41. The van der Waals surface area contributed by atoms with E-state index >= 15 is 0 Å². The standard InChI is InChI=1S/C12H15FN2O3/c13-9-1-2-11(15(17)18)10(7-9)14-8-12(3-4-12)5-6-16/h1-2,7,14,16H,3-6,8H2. The zero-order valence-corrected chi connectivity index (χ0v) is 9.86. The predicted octanol–water partition coefficient (Wildman–Crippen LogP) is 2.31. The van der Waals surface area contributed by atoms with Crippen molar-refractivity contribution in [1.29, 1.82) is 0 Å². The number of hydrogen-bond donors (Lipinski definition) is 2. The summed E-state index contributed by atoms with van der Waals surface area (Å²) in [7, 11) is 0. The van der Waals surface area contributed by atoms with Crippen LogP contribution in [0.2, 0.25) is 0 Å². The van der Waals surface area contributed by atoms with E-state index in [9.17, 15) is 14.5 Å². The number of aliphatic hydroxyl groups is 1. The normalized spacial score (nSPS) is 16.3. The van der Waals surface area contributed by atoms with Gasteiger partial charge < -0.3 is 10.4 Å². The number of nitro benzene ring substituents is 1. The van der Waals surface area contributed by atoms with Crippen LogP contribution in [0.5, 0.6) is 0 Å². The molecule has 0 bridgehead atoms. The average Bonchev–Trinajstić information content (AvgIpc) is 3.07. The fourth-order valence-corrected chi connectivity index (χ4v) is 2.02. The lowest BCUT2D eigenvalue weighted by Crippen LogP contribution is -2.17. The van der Waals surface area contributed by atoms with Crippen molar-refractivity contribution in [3.8, 4) is 0 Å². The first-order chi connectivity index (χ1) is 8.56. The number of aliphatic hydroxyl groups excluding tert-OH is 1. The first-order valence-corrected chi connectivity index (χ1v) is 5.85. The molecule has 0 amide bonds. The molecule has 1 aliphatic rings. The Bertz CT molecular complexity index is 461. The van der Waals surface area contributed by atoms with E-state index in [1.807, 2.05) is 0 Å². The number of nitrogens with one attached hydrogen (secondary N) is 1. The predicted molar refractivity (Wildman–Crippen MR) is 64.9 cm³/mol. The summed E-state index contributed by atoms with van der Waals surface area (Å²) in [5, 5.41) is 22.7. The summed E-state index contributed by atoms with van der Waals surface area (Å²) in [5.74, 6) is -0.505. The van der Waals surface area contributed by atoms with Gasteiger partial charge in [-0.3, -0.25) is 10.1 Å². The van der Waals surface area contributed by atoms with Crippen LogP contribution >= 0.6 is 0 Å². The number of benzene rings is 1. The van der Waals surface area contributed by atoms with Gasteiger partial charge >= 0.3 is 0 Å². The highest BCUT2D eigenvalue weighted by atomic mass is 19.1. The Kier molecular flexibility index (Phi) is 3.47. The van der Waals surface area contributed by atoms with Crippen molar-refractivity contribution >= 4 is 11.4 Å². The minimum atomic E-state index is -0.534. The van der Waals surface area contributed by atoms with Gasteiger partial charge in [-0.25, -0.2) is 4.39 Å². The van der Waals surface area contributed by atoms with Gasteiger partial charge in [0, 0.05) is 25.3 Å². The minimum absolute atomic E-state index is 0.0228. The summed E-state index contributed by atoms with van der Waals surface area (Å²) >= 11 is 0. The Morgan fingerprint density at radius 2 is 2.22 bits per heavy atom. The molecule has 6 heteroatoms.